The van der Waals surface area contributed by atoms with Crippen molar-refractivity contribution in [2.75, 3.05) is 26.5 Å². The molecule has 1 aromatic carbocycles. The normalized spacial score (nSPS) is 19.5. The van der Waals surface area contributed by atoms with Gasteiger partial charge in [-0.1, -0.05) is 0 Å². The minimum atomic E-state index is 0.0729. The number of rotatable bonds is 6. The third kappa shape index (κ3) is 3.78. The molecule has 21 heavy (non-hydrogen) atoms. The van der Waals surface area contributed by atoms with E-state index in [4.69, 9.17) is 14.2 Å². The van der Waals surface area contributed by atoms with E-state index >= 15 is 0 Å². The van der Waals surface area contributed by atoms with Crippen LogP contribution in [-0.4, -0.2) is 38.4 Å². The predicted octanol–water partition coefficient (Wildman–Crippen LogP) is 1.05. The molecule has 0 aromatic heterocycles. The average molecular weight is 292 g/mol. The summed E-state index contributed by atoms with van der Waals surface area (Å²) in [6.45, 7) is 2.21. The lowest BCUT2D eigenvalue weighted by molar-refractivity contribution is -0.121. The summed E-state index contributed by atoms with van der Waals surface area (Å²) < 4.78 is 16.1. The van der Waals surface area contributed by atoms with E-state index in [1.165, 1.54) is 0 Å². The number of fused-ring (bicyclic) bond motifs is 1. The molecule has 0 radical (unpaired) electrons. The molecule has 0 aliphatic carbocycles. The van der Waals surface area contributed by atoms with Crippen LogP contribution in [-0.2, 0) is 4.79 Å². The van der Waals surface area contributed by atoms with Crippen LogP contribution in [0.3, 0.4) is 0 Å². The lowest BCUT2D eigenvalue weighted by Crippen LogP contribution is -2.33. The van der Waals surface area contributed by atoms with Gasteiger partial charge < -0.3 is 24.8 Å². The summed E-state index contributed by atoms with van der Waals surface area (Å²) in [5.74, 6) is 2.22. The highest BCUT2D eigenvalue weighted by Crippen LogP contribution is 2.34. The summed E-state index contributed by atoms with van der Waals surface area (Å²) in [6.07, 6.45) is 2.79. The van der Waals surface area contributed by atoms with Crippen molar-refractivity contribution in [3.63, 3.8) is 0 Å². The Hall–Kier alpha value is -1.95. The molecular weight excluding hydrogens is 272 g/mol. The molecule has 6 nitrogen and oxygen atoms in total. The van der Waals surface area contributed by atoms with Gasteiger partial charge in [0.15, 0.2) is 11.5 Å². The van der Waals surface area contributed by atoms with Crippen LogP contribution in [0.5, 0.6) is 17.2 Å². The Morgan fingerprint density at radius 3 is 3.14 bits per heavy atom. The first-order valence-electron chi connectivity index (χ1n) is 7.34. The van der Waals surface area contributed by atoms with E-state index in [0.717, 1.165) is 25.1 Å². The Kier molecular flexibility index (Phi) is 4.45. The zero-order chi connectivity index (χ0) is 14.5. The molecule has 2 aliphatic rings. The molecule has 6 heteroatoms. The number of hydrogen-bond donors (Lipinski definition) is 2. The van der Waals surface area contributed by atoms with Crippen molar-refractivity contribution in [2.45, 2.75) is 25.3 Å². The molecule has 1 amide bonds. The van der Waals surface area contributed by atoms with Gasteiger partial charge in [-0.05, 0) is 31.5 Å². The van der Waals surface area contributed by atoms with Crippen LogP contribution in [0, 0.1) is 0 Å². The van der Waals surface area contributed by atoms with Crippen LogP contribution in [0.25, 0.3) is 0 Å². The molecule has 1 fully saturated rings. The van der Waals surface area contributed by atoms with E-state index < -0.39 is 0 Å². The largest absolute Gasteiger partial charge is 0.492 e. The van der Waals surface area contributed by atoms with Gasteiger partial charge in [-0.15, -0.1) is 0 Å². The SMILES string of the molecule is O=C(CC1CCCN1)NCCOc1ccc2c(c1)OCO2. The van der Waals surface area contributed by atoms with Crippen molar-refractivity contribution < 1.29 is 19.0 Å². The van der Waals surface area contributed by atoms with Crippen molar-refractivity contribution in [1.82, 2.24) is 10.6 Å². The molecule has 3 rings (SSSR count). The first-order valence-corrected chi connectivity index (χ1v) is 7.34. The monoisotopic (exact) mass is 292 g/mol. The maximum absolute atomic E-state index is 11.7. The summed E-state index contributed by atoms with van der Waals surface area (Å²) in [5.41, 5.74) is 0. The second kappa shape index (κ2) is 6.67. The van der Waals surface area contributed by atoms with Gasteiger partial charge in [0, 0.05) is 18.5 Å². The van der Waals surface area contributed by atoms with Gasteiger partial charge in [0.1, 0.15) is 12.4 Å². The predicted molar refractivity (Wildman–Crippen MR) is 76.7 cm³/mol. The van der Waals surface area contributed by atoms with E-state index in [0.29, 0.717) is 37.1 Å². The number of carbonyl (C=O) groups excluding carboxylic acids is 1. The Morgan fingerprint density at radius 1 is 1.38 bits per heavy atom. The molecule has 1 unspecified atom stereocenters. The van der Waals surface area contributed by atoms with E-state index in [1.807, 2.05) is 12.1 Å². The number of nitrogens with one attached hydrogen (secondary N) is 2. The summed E-state index contributed by atoms with van der Waals surface area (Å²) in [4.78, 5) is 11.7. The minimum absolute atomic E-state index is 0.0729. The van der Waals surface area contributed by atoms with Crippen molar-refractivity contribution in [3.05, 3.63) is 18.2 Å². The molecule has 114 valence electrons. The van der Waals surface area contributed by atoms with Gasteiger partial charge in [-0.25, -0.2) is 0 Å². The maximum atomic E-state index is 11.7. The van der Waals surface area contributed by atoms with E-state index in [-0.39, 0.29) is 12.7 Å². The lowest BCUT2D eigenvalue weighted by atomic mass is 10.1. The summed E-state index contributed by atoms with van der Waals surface area (Å²) in [6, 6.07) is 5.78. The summed E-state index contributed by atoms with van der Waals surface area (Å²) in [7, 11) is 0. The van der Waals surface area contributed by atoms with Gasteiger partial charge in [-0.3, -0.25) is 4.79 Å². The molecule has 2 aliphatic heterocycles. The molecule has 2 heterocycles. The van der Waals surface area contributed by atoms with Crippen molar-refractivity contribution in [3.8, 4) is 17.2 Å². The molecule has 1 saturated heterocycles. The van der Waals surface area contributed by atoms with Crippen LogP contribution < -0.4 is 24.8 Å². The van der Waals surface area contributed by atoms with Crippen LogP contribution in [0.4, 0.5) is 0 Å². The van der Waals surface area contributed by atoms with Crippen molar-refractivity contribution in [2.24, 2.45) is 0 Å². The summed E-state index contributed by atoms with van der Waals surface area (Å²) >= 11 is 0. The molecule has 1 aromatic rings. The maximum Gasteiger partial charge on any atom is 0.231 e. The molecule has 2 N–H and O–H groups in total. The first kappa shape index (κ1) is 14.0. The van der Waals surface area contributed by atoms with Gasteiger partial charge in [0.05, 0.1) is 6.54 Å². The van der Waals surface area contributed by atoms with Crippen LogP contribution in [0.15, 0.2) is 18.2 Å². The standard InChI is InChI=1S/C15H20N2O4/c18-15(8-11-2-1-5-16-11)17-6-7-19-12-3-4-13-14(9-12)21-10-20-13/h3-4,9,11,16H,1-2,5-8,10H2,(H,17,18). The van der Waals surface area contributed by atoms with E-state index in [1.54, 1.807) is 6.07 Å². The Labute approximate surface area is 123 Å². The third-order valence-electron chi connectivity index (χ3n) is 3.63. The van der Waals surface area contributed by atoms with E-state index in [9.17, 15) is 4.79 Å². The second-order valence-corrected chi connectivity index (χ2v) is 5.21. The Balaban J connectivity index is 1.35. The number of ether oxygens (including phenoxy) is 3. The highest BCUT2D eigenvalue weighted by atomic mass is 16.7. The Bertz CT molecular complexity index is 500. The highest BCUT2D eigenvalue weighted by molar-refractivity contribution is 5.76. The van der Waals surface area contributed by atoms with Gasteiger partial charge >= 0.3 is 0 Å². The molecule has 1 atom stereocenters. The average Bonchev–Trinajstić information content (AvgIpc) is 3.14. The van der Waals surface area contributed by atoms with E-state index in [2.05, 4.69) is 10.6 Å². The molecule has 0 saturated carbocycles. The lowest BCUT2D eigenvalue weighted by Gasteiger charge is -2.11. The highest BCUT2D eigenvalue weighted by Gasteiger charge is 2.17. The Morgan fingerprint density at radius 2 is 2.29 bits per heavy atom. The van der Waals surface area contributed by atoms with Gasteiger partial charge in [0.25, 0.3) is 0 Å². The van der Waals surface area contributed by atoms with Crippen molar-refractivity contribution in [1.29, 1.82) is 0 Å². The third-order valence-corrected chi connectivity index (χ3v) is 3.63. The summed E-state index contributed by atoms with van der Waals surface area (Å²) in [5, 5.41) is 6.18. The van der Waals surface area contributed by atoms with Gasteiger partial charge in [0.2, 0.25) is 12.7 Å². The molecular formula is C15H20N2O4. The zero-order valence-electron chi connectivity index (χ0n) is 11.9. The minimum Gasteiger partial charge on any atom is -0.492 e. The topological polar surface area (TPSA) is 68.8 Å². The second-order valence-electron chi connectivity index (χ2n) is 5.21. The molecule has 0 spiro atoms. The van der Waals surface area contributed by atoms with Gasteiger partial charge in [-0.2, -0.15) is 0 Å². The zero-order valence-corrected chi connectivity index (χ0v) is 11.9. The van der Waals surface area contributed by atoms with Crippen LogP contribution in [0.2, 0.25) is 0 Å². The fourth-order valence-electron chi connectivity index (χ4n) is 2.55. The first-order chi connectivity index (χ1) is 10.3. The smallest absolute Gasteiger partial charge is 0.231 e. The fraction of sp³-hybridized carbons (Fsp3) is 0.533. The quantitative estimate of drug-likeness (QED) is 0.767. The van der Waals surface area contributed by atoms with Crippen molar-refractivity contribution >= 4 is 5.91 Å². The van der Waals surface area contributed by atoms with Crippen LogP contribution in [0.1, 0.15) is 19.3 Å². The number of carbonyl (C=O) groups is 1. The number of amides is 1. The fourth-order valence-corrected chi connectivity index (χ4v) is 2.55. The molecule has 0 bridgehead atoms. The number of hydrogen-bond acceptors (Lipinski definition) is 5. The van der Waals surface area contributed by atoms with Crippen LogP contribution >= 0.6 is 0 Å². The number of benzene rings is 1.